The highest BCUT2D eigenvalue weighted by molar-refractivity contribution is 5.79. The van der Waals surface area contributed by atoms with E-state index in [1.165, 1.54) is 0 Å². The summed E-state index contributed by atoms with van der Waals surface area (Å²) in [6, 6.07) is 3.89. The first-order valence-electron chi connectivity index (χ1n) is 6.02. The van der Waals surface area contributed by atoms with Gasteiger partial charge in [0.2, 0.25) is 5.88 Å². The first kappa shape index (κ1) is 14.3. The average Bonchev–Trinajstić information content (AvgIpc) is 2.31. The van der Waals surface area contributed by atoms with E-state index >= 15 is 0 Å². The Morgan fingerprint density at radius 1 is 1.28 bits per heavy atom. The second-order valence-corrected chi connectivity index (χ2v) is 4.31. The van der Waals surface area contributed by atoms with Gasteiger partial charge in [0.1, 0.15) is 0 Å². The Kier molecular flexibility index (Phi) is 5.42. The molecule has 0 bridgehead atoms. The van der Waals surface area contributed by atoms with E-state index in [0.717, 1.165) is 11.5 Å². The molecule has 0 radical (unpaired) electrons. The van der Waals surface area contributed by atoms with Gasteiger partial charge >= 0.3 is 0 Å². The summed E-state index contributed by atoms with van der Waals surface area (Å²) < 4.78 is 5.48. The molecule has 5 heteroatoms. The van der Waals surface area contributed by atoms with E-state index in [1.807, 2.05) is 57.0 Å². The molecular weight excluding hydrogens is 228 g/mol. The largest absolute Gasteiger partial charge is 0.478 e. The van der Waals surface area contributed by atoms with Crippen LogP contribution in [0.4, 0.5) is 0 Å². The van der Waals surface area contributed by atoms with Crippen molar-refractivity contribution in [3.8, 4) is 5.88 Å². The molecule has 0 aliphatic rings. The van der Waals surface area contributed by atoms with Crippen molar-refractivity contribution < 1.29 is 4.74 Å². The number of hydrogen-bond acceptors (Lipinski definition) is 3. The van der Waals surface area contributed by atoms with Crippen LogP contribution in [0.5, 0.6) is 5.88 Å². The highest BCUT2D eigenvalue weighted by Crippen LogP contribution is 2.15. The monoisotopic (exact) mass is 250 g/mol. The fraction of sp³-hybridized carbons (Fsp3) is 0.538. The van der Waals surface area contributed by atoms with E-state index in [2.05, 4.69) is 9.98 Å². The van der Waals surface area contributed by atoms with Gasteiger partial charge in [0.15, 0.2) is 5.96 Å². The van der Waals surface area contributed by atoms with Gasteiger partial charge in [-0.05, 0) is 13.0 Å². The second-order valence-electron chi connectivity index (χ2n) is 4.31. The minimum Gasteiger partial charge on any atom is -0.478 e. The van der Waals surface area contributed by atoms with Gasteiger partial charge in [-0.3, -0.25) is 0 Å². The molecule has 0 atom stereocenters. The smallest absolute Gasteiger partial charge is 0.218 e. The van der Waals surface area contributed by atoms with Gasteiger partial charge in [0.05, 0.1) is 13.2 Å². The van der Waals surface area contributed by atoms with E-state index in [-0.39, 0.29) is 0 Å². The third-order valence-corrected chi connectivity index (χ3v) is 2.32. The molecule has 0 amide bonds. The van der Waals surface area contributed by atoms with Gasteiger partial charge in [0.25, 0.3) is 0 Å². The van der Waals surface area contributed by atoms with Crippen molar-refractivity contribution in [2.24, 2.45) is 4.99 Å². The van der Waals surface area contributed by atoms with Gasteiger partial charge in [0, 0.05) is 40.0 Å². The van der Waals surface area contributed by atoms with Crippen LogP contribution in [-0.2, 0) is 6.54 Å². The topological polar surface area (TPSA) is 41.0 Å². The van der Waals surface area contributed by atoms with Crippen molar-refractivity contribution in [2.75, 3.05) is 34.8 Å². The fourth-order valence-electron chi connectivity index (χ4n) is 1.65. The molecule has 0 spiro atoms. The molecule has 0 aliphatic heterocycles. The van der Waals surface area contributed by atoms with Crippen molar-refractivity contribution in [2.45, 2.75) is 13.5 Å². The van der Waals surface area contributed by atoms with Crippen LogP contribution in [0.15, 0.2) is 23.3 Å². The van der Waals surface area contributed by atoms with Crippen LogP contribution in [-0.4, -0.2) is 55.5 Å². The third-order valence-electron chi connectivity index (χ3n) is 2.32. The molecule has 0 fully saturated rings. The molecule has 0 N–H and O–H groups in total. The maximum absolute atomic E-state index is 5.48. The number of nitrogens with zero attached hydrogens (tertiary/aromatic N) is 4. The summed E-state index contributed by atoms with van der Waals surface area (Å²) in [5, 5.41) is 0. The molecule has 0 saturated heterocycles. The zero-order chi connectivity index (χ0) is 13.5. The molecule has 1 aromatic rings. The highest BCUT2D eigenvalue weighted by Gasteiger charge is 2.07. The molecule has 0 aliphatic carbocycles. The van der Waals surface area contributed by atoms with Crippen LogP contribution < -0.4 is 4.74 Å². The standard InChI is InChI=1S/C13H22N4O/c1-6-18-12-11(8-7-9-14-12)10-15-13(16(2)3)17(4)5/h7-9H,6,10H2,1-5H3. The van der Waals surface area contributed by atoms with Crippen LogP contribution in [0.2, 0.25) is 0 Å². The molecule has 18 heavy (non-hydrogen) atoms. The number of guanidine groups is 1. The van der Waals surface area contributed by atoms with Crippen LogP contribution in [0.25, 0.3) is 0 Å². The number of rotatable bonds is 4. The molecule has 1 rings (SSSR count). The average molecular weight is 250 g/mol. The number of aliphatic imine (C=N–C) groups is 1. The normalized spacial score (nSPS) is 9.83. The van der Waals surface area contributed by atoms with E-state index in [4.69, 9.17) is 4.74 Å². The first-order chi connectivity index (χ1) is 8.56. The molecular formula is C13H22N4O. The summed E-state index contributed by atoms with van der Waals surface area (Å²) in [6.07, 6.45) is 1.73. The molecule has 0 saturated carbocycles. The van der Waals surface area contributed by atoms with E-state index in [9.17, 15) is 0 Å². The Morgan fingerprint density at radius 3 is 2.50 bits per heavy atom. The number of ether oxygens (including phenoxy) is 1. The zero-order valence-electron chi connectivity index (χ0n) is 11.8. The van der Waals surface area contributed by atoms with Crippen LogP contribution in [0.3, 0.4) is 0 Å². The summed E-state index contributed by atoms with van der Waals surface area (Å²) in [5.41, 5.74) is 1.00. The SMILES string of the molecule is CCOc1ncccc1CN=C(N(C)C)N(C)C. The van der Waals surface area contributed by atoms with Crippen molar-refractivity contribution in [3.63, 3.8) is 0 Å². The Labute approximate surface area is 109 Å². The summed E-state index contributed by atoms with van der Waals surface area (Å²) in [4.78, 5) is 12.8. The van der Waals surface area contributed by atoms with Crippen LogP contribution in [0.1, 0.15) is 12.5 Å². The predicted octanol–water partition coefficient (Wildman–Crippen LogP) is 1.46. The summed E-state index contributed by atoms with van der Waals surface area (Å²) in [6.45, 7) is 3.13. The molecule has 1 aromatic heterocycles. The Hall–Kier alpha value is -1.78. The quantitative estimate of drug-likeness (QED) is 0.599. The third kappa shape index (κ3) is 3.91. The van der Waals surface area contributed by atoms with Crippen molar-refractivity contribution >= 4 is 5.96 Å². The Balaban J connectivity index is 2.87. The molecule has 100 valence electrons. The second kappa shape index (κ2) is 6.83. The molecule has 0 unspecified atom stereocenters. The lowest BCUT2D eigenvalue weighted by molar-refractivity contribution is 0.323. The van der Waals surface area contributed by atoms with Crippen molar-refractivity contribution in [1.29, 1.82) is 0 Å². The van der Waals surface area contributed by atoms with Crippen molar-refractivity contribution in [3.05, 3.63) is 23.9 Å². The lowest BCUT2D eigenvalue weighted by Crippen LogP contribution is -2.35. The maximum atomic E-state index is 5.48. The summed E-state index contributed by atoms with van der Waals surface area (Å²) in [5.74, 6) is 1.59. The number of pyridine rings is 1. The van der Waals surface area contributed by atoms with E-state index in [0.29, 0.717) is 19.0 Å². The van der Waals surface area contributed by atoms with Gasteiger partial charge in [-0.25, -0.2) is 9.98 Å². The Bertz CT molecular complexity index is 392. The van der Waals surface area contributed by atoms with Crippen LogP contribution >= 0.6 is 0 Å². The van der Waals surface area contributed by atoms with E-state index in [1.54, 1.807) is 6.20 Å². The van der Waals surface area contributed by atoms with Gasteiger partial charge in [-0.1, -0.05) is 6.07 Å². The molecule has 5 nitrogen and oxygen atoms in total. The highest BCUT2D eigenvalue weighted by atomic mass is 16.5. The predicted molar refractivity (Wildman–Crippen MR) is 73.9 cm³/mol. The van der Waals surface area contributed by atoms with Crippen LogP contribution in [0, 0.1) is 0 Å². The Morgan fingerprint density at radius 2 is 1.94 bits per heavy atom. The molecule has 0 aromatic carbocycles. The maximum Gasteiger partial charge on any atom is 0.218 e. The van der Waals surface area contributed by atoms with Gasteiger partial charge in [-0.2, -0.15) is 0 Å². The lowest BCUT2D eigenvalue weighted by atomic mass is 10.3. The van der Waals surface area contributed by atoms with Gasteiger partial charge in [-0.15, -0.1) is 0 Å². The fourth-order valence-corrected chi connectivity index (χ4v) is 1.65. The lowest BCUT2D eigenvalue weighted by Gasteiger charge is -2.22. The first-order valence-corrected chi connectivity index (χ1v) is 6.02. The summed E-state index contributed by atoms with van der Waals surface area (Å²) in [7, 11) is 7.91. The zero-order valence-corrected chi connectivity index (χ0v) is 11.8. The number of hydrogen-bond donors (Lipinski definition) is 0. The van der Waals surface area contributed by atoms with Gasteiger partial charge < -0.3 is 14.5 Å². The minimum atomic E-state index is 0.564. The molecule has 1 heterocycles. The minimum absolute atomic E-state index is 0.564. The summed E-state index contributed by atoms with van der Waals surface area (Å²) >= 11 is 0. The number of aromatic nitrogens is 1. The van der Waals surface area contributed by atoms with Crippen molar-refractivity contribution in [1.82, 2.24) is 14.8 Å². The van der Waals surface area contributed by atoms with E-state index < -0.39 is 0 Å².